The second-order valence-corrected chi connectivity index (χ2v) is 6.79. The molecule has 0 aliphatic rings. The number of unbranched alkanes of at least 4 members (excludes halogenated alkanes) is 1. The van der Waals surface area contributed by atoms with Crippen molar-refractivity contribution in [3.63, 3.8) is 0 Å². The third-order valence-corrected chi connectivity index (χ3v) is 4.65. The Morgan fingerprint density at radius 2 is 1.93 bits per heavy atom. The van der Waals surface area contributed by atoms with Gasteiger partial charge in [-0.3, -0.25) is 4.98 Å². The molecule has 2 amide bonds. The first kappa shape index (κ1) is 18.6. The molecule has 0 radical (unpaired) electrons. The summed E-state index contributed by atoms with van der Waals surface area (Å²) >= 11 is 0. The van der Waals surface area contributed by atoms with Crippen LogP contribution < -0.4 is 10.6 Å². The molecule has 0 aliphatic heterocycles. The van der Waals surface area contributed by atoms with Gasteiger partial charge in [-0.25, -0.2) is 9.48 Å². The van der Waals surface area contributed by atoms with Gasteiger partial charge in [0.15, 0.2) is 0 Å². The second kappa shape index (κ2) is 8.52. The Bertz CT molecular complexity index is 1110. The van der Waals surface area contributed by atoms with Crippen LogP contribution in [0.3, 0.4) is 0 Å². The molecule has 2 heterocycles. The van der Waals surface area contributed by atoms with Gasteiger partial charge in [0.2, 0.25) is 0 Å². The van der Waals surface area contributed by atoms with Crippen molar-refractivity contribution in [1.29, 1.82) is 0 Å². The smallest absolute Gasteiger partial charge is 0.308 e. The van der Waals surface area contributed by atoms with Crippen LogP contribution in [0.15, 0.2) is 67.1 Å². The summed E-state index contributed by atoms with van der Waals surface area (Å²) in [6.07, 6.45) is 8.59. The van der Waals surface area contributed by atoms with Gasteiger partial charge in [0.1, 0.15) is 0 Å². The average molecular weight is 386 g/mol. The zero-order valence-electron chi connectivity index (χ0n) is 16.2. The molecule has 29 heavy (non-hydrogen) atoms. The summed E-state index contributed by atoms with van der Waals surface area (Å²) in [5.74, 6) is 0. The number of anilines is 2. The van der Waals surface area contributed by atoms with E-state index in [2.05, 4.69) is 32.9 Å². The summed E-state index contributed by atoms with van der Waals surface area (Å²) in [7, 11) is 0. The number of hydrogen-bond acceptors (Lipinski definition) is 4. The first-order valence-electron chi connectivity index (χ1n) is 9.65. The van der Waals surface area contributed by atoms with Gasteiger partial charge >= 0.3 is 6.03 Å². The van der Waals surface area contributed by atoms with E-state index in [4.69, 9.17) is 0 Å². The van der Waals surface area contributed by atoms with Crippen molar-refractivity contribution in [2.24, 2.45) is 0 Å². The molecule has 0 fully saturated rings. The zero-order chi connectivity index (χ0) is 20.1. The molecular formula is C22H22N6O. The van der Waals surface area contributed by atoms with Gasteiger partial charge in [0, 0.05) is 28.9 Å². The van der Waals surface area contributed by atoms with E-state index >= 15 is 0 Å². The first-order chi connectivity index (χ1) is 14.2. The van der Waals surface area contributed by atoms with Gasteiger partial charge in [0.05, 0.1) is 23.3 Å². The van der Waals surface area contributed by atoms with Gasteiger partial charge in [-0.2, -0.15) is 0 Å². The fourth-order valence-corrected chi connectivity index (χ4v) is 3.11. The van der Waals surface area contributed by atoms with E-state index in [1.807, 2.05) is 54.7 Å². The van der Waals surface area contributed by atoms with Crippen molar-refractivity contribution in [3.8, 4) is 5.69 Å². The van der Waals surface area contributed by atoms with Crippen molar-refractivity contribution in [1.82, 2.24) is 20.0 Å². The maximum absolute atomic E-state index is 12.4. The van der Waals surface area contributed by atoms with Crippen LogP contribution in [-0.4, -0.2) is 26.0 Å². The van der Waals surface area contributed by atoms with Crippen LogP contribution in [0.4, 0.5) is 16.2 Å². The number of nitrogens with zero attached hydrogens (tertiary/aromatic N) is 4. The minimum atomic E-state index is -0.301. The Morgan fingerprint density at radius 3 is 2.76 bits per heavy atom. The number of benzene rings is 2. The second-order valence-electron chi connectivity index (χ2n) is 6.79. The summed E-state index contributed by atoms with van der Waals surface area (Å²) in [4.78, 5) is 16.5. The van der Waals surface area contributed by atoms with Crippen molar-refractivity contribution in [2.45, 2.75) is 26.2 Å². The molecular weight excluding hydrogens is 364 g/mol. The molecule has 0 atom stereocenters. The molecule has 0 unspecified atom stereocenters. The van der Waals surface area contributed by atoms with E-state index in [1.165, 1.54) is 0 Å². The monoisotopic (exact) mass is 386 g/mol. The van der Waals surface area contributed by atoms with Crippen molar-refractivity contribution < 1.29 is 4.79 Å². The fourth-order valence-electron chi connectivity index (χ4n) is 3.11. The van der Waals surface area contributed by atoms with Crippen LogP contribution in [0.2, 0.25) is 0 Å². The SMILES string of the molecule is CCCCc1cn(-c2ccc(NC(=O)Nc3cccc4cnccc34)cc2)nn1. The van der Waals surface area contributed by atoms with Crippen molar-refractivity contribution in [2.75, 3.05) is 10.6 Å². The van der Waals surface area contributed by atoms with Gasteiger partial charge < -0.3 is 10.6 Å². The van der Waals surface area contributed by atoms with Crippen LogP contribution in [-0.2, 0) is 6.42 Å². The number of carbonyl (C=O) groups is 1. The number of nitrogens with one attached hydrogen (secondary N) is 2. The van der Waals surface area contributed by atoms with Gasteiger partial charge in [-0.15, -0.1) is 5.10 Å². The standard InChI is InChI=1S/C22H22N6O/c1-2-3-6-18-15-28(27-26-18)19-10-8-17(9-11-19)24-22(29)25-21-7-4-5-16-14-23-13-12-20(16)21/h4-5,7-15H,2-3,6H2,1H3,(H2,24,25,29). The molecule has 4 rings (SSSR count). The number of fused-ring (bicyclic) bond motifs is 1. The molecule has 0 bridgehead atoms. The molecule has 7 nitrogen and oxygen atoms in total. The van der Waals surface area contributed by atoms with E-state index in [9.17, 15) is 4.79 Å². The Balaban J connectivity index is 1.42. The minimum absolute atomic E-state index is 0.301. The largest absolute Gasteiger partial charge is 0.323 e. The van der Waals surface area contributed by atoms with E-state index in [1.54, 1.807) is 17.1 Å². The van der Waals surface area contributed by atoms with Gasteiger partial charge in [-0.05, 0) is 49.2 Å². The number of aryl methyl sites for hydroxylation is 1. The van der Waals surface area contributed by atoms with E-state index in [-0.39, 0.29) is 6.03 Å². The lowest BCUT2D eigenvalue weighted by molar-refractivity contribution is 0.262. The lowest BCUT2D eigenvalue weighted by atomic mass is 10.1. The predicted molar refractivity (Wildman–Crippen MR) is 114 cm³/mol. The van der Waals surface area contributed by atoms with Crippen LogP contribution >= 0.6 is 0 Å². The minimum Gasteiger partial charge on any atom is -0.308 e. The summed E-state index contributed by atoms with van der Waals surface area (Å²) in [5, 5.41) is 16.0. The maximum atomic E-state index is 12.4. The number of carbonyl (C=O) groups excluding carboxylic acids is 1. The highest BCUT2D eigenvalue weighted by molar-refractivity contribution is 6.06. The predicted octanol–water partition coefficient (Wildman–Crippen LogP) is 4.80. The number of aromatic nitrogens is 4. The molecule has 0 saturated carbocycles. The van der Waals surface area contributed by atoms with E-state index < -0.39 is 0 Å². The topological polar surface area (TPSA) is 84.7 Å². The highest BCUT2D eigenvalue weighted by atomic mass is 16.2. The van der Waals surface area contributed by atoms with E-state index in [0.717, 1.165) is 47.1 Å². The Kier molecular flexibility index (Phi) is 5.47. The number of urea groups is 1. The van der Waals surface area contributed by atoms with Crippen LogP contribution in [0.5, 0.6) is 0 Å². The quantitative estimate of drug-likeness (QED) is 0.498. The molecule has 0 spiro atoms. The molecule has 4 aromatic rings. The number of amides is 2. The van der Waals surface area contributed by atoms with Gasteiger partial charge in [-0.1, -0.05) is 30.7 Å². The molecule has 0 aliphatic carbocycles. The Labute approximate surface area is 168 Å². The van der Waals surface area contributed by atoms with Crippen molar-refractivity contribution in [3.05, 3.63) is 72.8 Å². The highest BCUT2D eigenvalue weighted by Crippen LogP contribution is 2.22. The molecule has 7 heteroatoms. The number of rotatable bonds is 6. The van der Waals surface area contributed by atoms with Crippen LogP contribution in [0.1, 0.15) is 25.5 Å². The normalized spacial score (nSPS) is 10.8. The first-order valence-corrected chi connectivity index (χ1v) is 9.65. The lowest BCUT2D eigenvalue weighted by Crippen LogP contribution is -2.19. The Hall–Kier alpha value is -3.74. The number of pyridine rings is 1. The number of hydrogen-bond donors (Lipinski definition) is 2. The molecule has 2 N–H and O–H groups in total. The third kappa shape index (κ3) is 4.40. The Morgan fingerprint density at radius 1 is 1.07 bits per heavy atom. The average Bonchev–Trinajstić information content (AvgIpc) is 3.22. The van der Waals surface area contributed by atoms with Gasteiger partial charge in [0.25, 0.3) is 0 Å². The third-order valence-electron chi connectivity index (χ3n) is 4.65. The highest BCUT2D eigenvalue weighted by Gasteiger charge is 2.07. The van der Waals surface area contributed by atoms with Crippen LogP contribution in [0.25, 0.3) is 16.5 Å². The van der Waals surface area contributed by atoms with E-state index in [0.29, 0.717) is 5.69 Å². The maximum Gasteiger partial charge on any atom is 0.323 e. The summed E-state index contributed by atoms with van der Waals surface area (Å²) < 4.78 is 1.75. The van der Waals surface area contributed by atoms with Crippen molar-refractivity contribution >= 4 is 28.2 Å². The summed E-state index contributed by atoms with van der Waals surface area (Å²) in [5.41, 5.74) is 3.31. The summed E-state index contributed by atoms with van der Waals surface area (Å²) in [6, 6.07) is 14.8. The summed E-state index contributed by atoms with van der Waals surface area (Å²) in [6.45, 7) is 2.16. The molecule has 2 aromatic carbocycles. The zero-order valence-corrected chi connectivity index (χ0v) is 16.2. The molecule has 146 valence electrons. The fraction of sp³-hybridized carbons (Fsp3) is 0.182. The van der Waals surface area contributed by atoms with Crippen LogP contribution in [0, 0.1) is 0 Å². The lowest BCUT2D eigenvalue weighted by Gasteiger charge is -2.10. The molecule has 2 aromatic heterocycles. The molecule has 0 saturated heterocycles.